The first kappa shape index (κ1) is 25.2. The van der Waals surface area contributed by atoms with Crippen LogP contribution in [0.25, 0.3) is 16.8 Å². The number of aromatic nitrogens is 2. The number of carbonyl (C=O) groups is 2. The Hall–Kier alpha value is -3.43. The molecule has 4 N–H and O–H groups in total. The van der Waals surface area contributed by atoms with Crippen LogP contribution in [0.4, 0.5) is 5.69 Å². The van der Waals surface area contributed by atoms with Crippen molar-refractivity contribution in [2.24, 2.45) is 5.92 Å². The molecule has 2 saturated heterocycles. The normalized spacial score (nSPS) is 20.2. The summed E-state index contributed by atoms with van der Waals surface area (Å²) in [5.41, 5.74) is 10.4. The van der Waals surface area contributed by atoms with Crippen molar-refractivity contribution in [2.75, 3.05) is 32.5 Å². The maximum absolute atomic E-state index is 14.0. The first-order chi connectivity index (χ1) is 18.0. The molecule has 3 atom stereocenters. The Labute approximate surface area is 217 Å². The zero-order valence-corrected chi connectivity index (χ0v) is 21.5. The van der Waals surface area contributed by atoms with Gasteiger partial charge in [-0.25, -0.2) is 4.98 Å². The molecular formula is C28H36N6O3. The molecule has 2 aromatic heterocycles. The zero-order chi connectivity index (χ0) is 25.9. The van der Waals surface area contributed by atoms with Crippen LogP contribution >= 0.6 is 0 Å². The Bertz CT molecular complexity index is 1250. The smallest absolute Gasteiger partial charge is 0.246 e. The topological polar surface area (TPSA) is 114 Å². The fourth-order valence-corrected chi connectivity index (χ4v) is 5.44. The van der Waals surface area contributed by atoms with E-state index in [9.17, 15) is 9.59 Å². The number of imidazole rings is 1. The number of rotatable bonds is 7. The third-order valence-electron chi connectivity index (χ3n) is 7.73. The van der Waals surface area contributed by atoms with E-state index in [-0.39, 0.29) is 29.8 Å². The number of anilines is 1. The van der Waals surface area contributed by atoms with E-state index >= 15 is 0 Å². The van der Waals surface area contributed by atoms with Gasteiger partial charge in [0, 0.05) is 43.4 Å². The van der Waals surface area contributed by atoms with Gasteiger partial charge in [-0.3, -0.25) is 9.59 Å². The van der Waals surface area contributed by atoms with Crippen LogP contribution in [0.2, 0.25) is 0 Å². The van der Waals surface area contributed by atoms with E-state index in [2.05, 4.69) is 16.7 Å². The average molecular weight is 505 g/mol. The van der Waals surface area contributed by atoms with Crippen LogP contribution in [-0.4, -0.2) is 65.0 Å². The monoisotopic (exact) mass is 504 g/mol. The molecule has 0 spiro atoms. The van der Waals surface area contributed by atoms with Gasteiger partial charge in [0.1, 0.15) is 11.7 Å². The molecule has 2 aliphatic rings. The number of pyridine rings is 1. The van der Waals surface area contributed by atoms with Crippen molar-refractivity contribution < 1.29 is 14.3 Å². The number of nitrogen functional groups attached to an aromatic ring is 1. The summed E-state index contributed by atoms with van der Waals surface area (Å²) in [6.45, 7) is 3.67. The summed E-state index contributed by atoms with van der Waals surface area (Å²) in [7, 11) is 1.74. The molecule has 5 rings (SSSR count). The molecule has 0 aliphatic carbocycles. The minimum atomic E-state index is -0.574. The van der Waals surface area contributed by atoms with Gasteiger partial charge in [0.25, 0.3) is 0 Å². The van der Waals surface area contributed by atoms with Crippen molar-refractivity contribution in [3.63, 3.8) is 0 Å². The highest BCUT2D eigenvalue weighted by Gasteiger charge is 2.40. The largest absolute Gasteiger partial charge is 0.399 e. The number of nitrogens with two attached hydrogens (primary N) is 1. The van der Waals surface area contributed by atoms with Gasteiger partial charge in [-0.2, -0.15) is 0 Å². The molecule has 1 aromatic carbocycles. The molecule has 4 heterocycles. The highest BCUT2D eigenvalue weighted by Crippen LogP contribution is 2.35. The van der Waals surface area contributed by atoms with Crippen LogP contribution in [0.3, 0.4) is 0 Å². The van der Waals surface area contributed by atoms with Gasteiger partial charge in [-0.1, -0.05) is 12.1 Å². The van der Waals surface area contributed by atoms with Crippen LogP contribution in [0.5, 0.6) is 0 Å². The minimum Gasteiger partial charge on any atom is -0.399 e. The number of benzene rings is 1. The first-order valence-corrected chi connectivity index (χ1v) is 13.2. The standard InChI is InChI=1S/C28H36N6O3/c1-18(30-2)27(35)32-25(20-11-15-37-16-12-20)28(36)34-14-4-6-24(34)23-17-33-13-3-5-22(26(33)31-23)19-7-9-21(29)10-8-19/h3,5,7-10,13,17-18,20,24-25,30H,4,6,11-12,14-16,29H2,1-2H3,(H,32,35)/t18-,24-,25-/m0/s1. The maximum atomic E-state index is 14.0. The molecule has 0 bridgehead atoms. The van der Waals surface area contributed by atoms with Crippen molar-refractivity contribution in [1.82, 2.24) is 24.9 Å². The Kier molecular flexibility index (Phi) is 7.43. The quantitative estimate of drug-likeness (QED) is 0.427. The molecule has 2 aliphatic heterocycles. The van der Waals surface area contributed by atoms with Crippen molar-refractivity contribution >= 4 is 23.1 Å². The number of ether oxygens (including phenoxy) is 1. The molecule has 9 heteroatoms. The second-order valence-electron chi connectivity index (χ2n) is 10.1. The van der Waals surface area contributed by atoms with E-state index < -0.39 is 6.04 Å². The number of likely N-dealkylation sites (N-methyl/N-ethyl adjacent to an activating group) is 1. The van der Waals surface area contributed by atoms with E-state index in [0.717, 1.165) is 53.8 Å². The lowest BCUT2D eigenvalue weighted by Crippen LogP contribution is -2.56. The lowest BCUT2D eigenvalue weighted by molar-refractivity contribution is -0.140. The Balaban J connectivity index is 1.44. The highest BCUT2D eigenvalue weighted by molar-refractivity contribution is 5.90. The summed E-state index contributed by atoms with van der Waals surface area (Å²) in [6, 6.07) is 10.7. The third-order valence-corrected chi connectivity index (χ3v) is 7.73. The Morgan fingerprint density at radius 2 is 1.89 bits per heavy atom. The summed E-state index contributed by atoms with van der Waals surface area (Å²) >= 11 is 0. The van der Waals surface area contributed by atoms with Crippen molar-refractivity contribution in [3.05, 3.63) is 54.5 Å². The number of likely N-dealkylation sites (tertiary alicyclic amines) is 1. The fourth-order valence-electron chi connectivity index (χ4n) is 5.44. The molecule has 0 saturated carbocycles. The number of carbonyl (C=O) groups excluding carboxylic acids is 2. The number of fused-ring (bicyclic) bond motifs is 1. The molecule has 0 unspecified atom stereocenters. The van der Waals surface area contributed by atoms with Crippen LogP contribution < -0.4 is 16.4 Å². The van der Waals surface area contributed by atoms with E-state index in [1.807, 2.05) is 52.0 Å². The Morgan fingerprint density at radius 3 is 2.62 bits per heavy atom. The summed E-state index contributed by atoms with van der Waals surface area (Å²) < 4.78 is 7.56. The second kappa shape index (κ2) is 10.9. The lowest BCUT2D eigenvalue weighted by Gasteiger charge is -2.35. The summed E-state index contributed by atoms with van der Waals surface area (Å²) in [6.07, 6.45) is 7.25. The summed E-state index contributed by atoms with van der Waals surface area (Å²) in [5, 5.41) is 6.04. The molecule has 2 amide bonds. The van der Waals surface area contributed by atoms with E-state index in [1.54, 1.807) is 14.0 Å². The van der Waals surface area contributed by atoms with Gasteiger partial charge < -0.3 is 30.4 Å². The second-order valence-corrected chi connectivity index (χ2v) is 10.1. The third kappa shape index (κ3) is 5.19. The SMILES string of the molecule is CN[C@@H](C)C(=O)N[C@H](C(=O)N1CCC[C@H]1c1cn2cccc(-c3ccc(N)cc3)c2n1)C1CCOCC1. The van der Waals surface area contributed by atoms with Gasteiger partial charge in [0.15, 0.2) is 0 Å². The number of nitrogens with one attached hydrogen (secondary N) is 2. The van der Waals surface area contributed by atoms with Gasteiger partial charge in [-0.15, -0.1) is 0 Å². The average Bonchev–Trinajstić information content (AvgIpc) is 3.59. The molecule has 196 valence electrons. The van der Waals surface area contributed by atoms with Crippen molar-refractivity contribution in [3.8, 4) is 11.1 Å². The number of amides is 2. The predicted molar refractivity (Wildman–Crippen MR) is 143 cm³/mol. The lowest BCUT2D eigenvalue weighted by atomic mass is 9.90. The van der Waals surface area contributed by atoms with Gasteiger partial charge in [0.2, 0.25) is 11.8 Å². The minimum absolute atomic E-state index is 0.0260. The number of hydrogen-bond donors (Lipinski definition) is 3. The molecule has 37 heavy (non-hydrogen) atoms. The summed E-state index contributed by atoms with van der Waals surface area (Å²) in [5.74, 6) is -0.139. The summed E-state index contributed by atoms with van der Waals surface area (Å²) in [4.78, 5) is 33.8. The first-order valence-electron chi connectivity index (χ1n) is 13.2. The number of hydrogen-bond acceptors (Lipinski definition) is 6. The number of nitrogens with zero attached hydrogens (tertiary/aromatic N) is 3. The van der Waals surface area contributed by atoms with Gasteiger partial charge >= 0.3 is 0 Å². The molecule has 0 radical (unpaired) electrons. The molecule has 2 fully saturated rings. The van der Waals surface area contributed by atoms with Crippen molar-refractivity contribution in [1.29, 1.82) is 0 Å². The predicted octanol–water partition coefficient (Wildman–Crippen LogP) is 2.77. The van der Waals surface area contributed by atoms with Crippen LogP contribution in [0, 0.1) is 5.92 Å². The molecule has 9 nitrogen and oxygen atoms in total. The van der Waals surface area contributed by atoms with E-state index in [1.165, 1.54) is 0 Å². The molecular weight excluding hydrogens is 468 g/mol. The van der Waals surface area contributed by atoms with E-state index in [4.69, 9.17) is 15.5 Å². The van der Waals surface area contributed by atoms with Crippen LogP contribution in [-0.2, 0) is 14.3 Å². The zero-order valence-electron chi connectivity index (χ0n) is 21.5. The highest BCUT2D eigenvalue weighted by atomic mass is 16.5. The molecule has 3 aromatic rings. The van der Waals surface area contributed by atoms with E-state index in [0.29, 0.717) is 19.8 Å². The maximum Gasteiger partial charge on any atom is 0.246 e. The Morgan fingerprint density at radius 1 is 1.14 bits per heavy atom. The van der Waals surface area contributed by atoms with Gasteiger partial charge in [0.05, 0.1) is 17.8 Å². The fraction of sp³-hybridized carbons (Fsp3) is 0.464. The van der Waals surface area contributed by atoms with Gasteiger partial charge in [-0.05, 0) is 75.4 Å². The van der Waals surface area contributed by atoms with Crippen LogP contribution in [0.15, 0.2) is 48.8 Å². The van der Waals surface area contributed by atoms with Crippen molar-refractivity contribution in [2.45, 2.75) is 50.7 Å². The van der Waals surface area contributed by atoms with Crippen LogP contribution in [0.1, 0.15) is 44.3 Å².